The monoisotopic (exact) mass is 142 g/mol. The van der Waals surface area contributed by atoms with Crippen LogP contribution in [0.3, 0.4) is 0 Å². The van der Waals surface area contributed by atoms with Crippen LogP contribution in [0.5, 0.6) is 0 Å². The Balaban J connectivity index is 2.98. The fourth-order valence-corrected chi connectivity index (χ4v) is 0.897. The summed E-state index contributed by atoms with van der Waals surface area (Å²) >= 11 is 0. The summed E-state index contributed by atoms with van der Waals surface area (Å²) in [6, 6.07) is 1.68. The maximum atomic E-state index is 10.7. The molecule has 9 heavy (non-hydrogen) atoms. The average molecular weight is 142 g/mol. The van der Waals surface area contributed by atoms with Crippen molar-refractivity contribution in [1.29, 1.82) is 0 Å². The molecule has 3 nitrogen and oxygen atoms in total. The Labute approximate surface area is 55.6 Å². The predicted octanol–water partition coefficient (Wildman–Crippen LogP) is 0.214. The minimum atomic E-state index is -0.931. The van der Waals surface area contributed by atoms with Gasteiger partial charge in [-0.3, -0.25) is 4.21 Å². The molecule has 0 bridgehead atoms. The summed E-state index contributed by atoms with van der Waals surface area (Å²) in [6.07, 6.45) is 4.63. The zero-order valence-corrected chi connectivity index (χ0v) is 5.76. The molecule has 1 unspecified atom stereocenters. The third-order valence-electron chi connectivity index (χ3n) is 0.889. The van der Waals surface area contributed by atoms with Crippen LogP contribution in [0.2, 0.25) is 0 Å². The van der Waals surface area contributed by atoms with Gasteiger partial charge in [0.15, 0.2) is 0 Å². The molecule has 0 aromatic carbocycles. The van der Waals surface area contributed by atoms with Gasteiger partial charge in [0.05, 0.1) is 28.1 Å². The molecule has 1 aromatic rings. The van der Waals surface area contributed by atoms with Gasteiger partial charge < -0.3 is 0 Å². The van der Waals surface area contributed by atoms with Crippen LogP contribution >= 0.6 is 0 Å². The first-order chi connectivity index (χ1) is 4.30. The quantitative estimate of drug-likeness (QED) is 0.563. The van der Waals surface area contributed by atoms with Gasteiger partial charge in [-0.15, -0.1) is 0 Å². The van der Waals surface area contributed by atoms with Crippen LogP contribution in [0.25, 0.3) is 0 Å². The highest BCUT2D eigenvalue weighted by Gasteiger charge is 1.92. The van der Waals surface area contributed by atoms with Gasteiger partial charge in [0, 0.05) is 6.26 Å². The lowest BCUT2D eigenvalue weighted by atomic mass is 10.6. The first kappa shape index (κ1) is 6.35. The fourth-order valence-electron chi connectivity index (χ4n) is 0.449. The second-order valence-electron chi connectivity index (χ2n) is 1.53. The van der Waals surface area contributed by atoms with Crippen molar-refractivity contribution in [2.45, 2.75) is 4.90 Å². The number of rotatable bonds is 1. The Hall–Kier alpha value is -0.770. The molecule has 48 valence electrons. The molecular formula is C5H6N2OS. The lowest BCUT2D eigenvalue weighted by molar-refractivity contribution is 0.686. The van der Waals surface area contributed by atoms with Crippen LogP contribution in [0.4, 0.5) is 0 Å². The summed E-state index contributed by atoms with van der Waals surface area (Å²) in [5, 5.41) is 7.11. The van der Waals surface area contributed by atoms with Crippen molar-refractivity contribution in [2.24, 2.45) is 0 Å². The molecule has 0 saturated carbocycles. The number of aromatic nitrogens is 2. The highest BCUT2D eigenvalue weighted by molar-refractivity contribution is 7.84. The maximum absolute atomic E-state index is 10.7. The zero-order chi connectivity index (χ0) is 6.69. The molecule has 0 aliphatic heterocycles. The summed E-state index contributed by atoms with van der Waals surface area (Å²) in [6.45, 7) is 0. The highest BCUT2D eigenvalue weighted by Crippen LogP contribution is 1.97. The van der Waals surface area contributed by atoms with Crippen molar-refractivity contribution < 1.29 is 4.21 Å². The lowest BCUT2D eigenvalue weighted by Crippen LogP contribution is -1.88. The second kappa shape index (κ2) is 2.68. The molecule has 0 radical (unpaired) electrons. The van der Waals surface area contributed by atoms with Crippen LogP contribution in [0.15, 0.2) is 23.4 Å². The van der Waals surface area contributed by atoms with E-state index in [0.29, 0.717) is 4.90 Å². The second-order valence-corrected chi connectivity index (χ2v) is 2.91. The van der Waals surface area contributed by atoms with E-state index in [4.69, 9.17) is 0 Å². The SMILES string of the molecule is CS(=O)c1ccnnc1. The zero-order valence-electron chi connectivity index (χ0n) is 4.94. The molecule has 0 spiro atoms. The summed E-state index contributed by atoms with van der Waals surface area (Å²) in [7, 11) is -0.931. The van der Waals surface area contributed by atoms with Gasteiger partial charge in [-0.2, -0.15) is 10.2 Å². The van der Waals surface area contributed by atoms with E-state index < -0.39 is 10.8 Å². The molecule has 1 rings (SSSR count). The molecule has 1 atom stereocenters. The standard InChI is InChI=1S/C5H6N2OS/c1-9(8)5-2-3-6-7-4-5/h2-4H,1H3. The van der Waals surface area contributed by atoms with E-state index >= 15 is 0 Å². The van der Waals surface area contributed by atoms with Crippen LogP contribution in [0, 0.1) is 0 Å². The van der Waals surface area contributed by atoms with Gasteiger partial charge in [-0.05, 0) is 6.07 Å². The van der Waals surface area contributed by atoms with Gasteiger partial charge in [0.1, 0.15) is 0 Å². The largest absolute Gasteiger partial charge is 0.255 e. The van der Waals surface area contributed by atoms with Crippen LogP contribution in [-0.4, -0.2) is 20.7 Å². The van der Waals surface area contributed by atoms with E-state index in [1.807, 2.05) is 0 Å². The van der Waals surface area contributed by atoms with E-state index in [-0.39, 0.29) is 0 Å². The minimum Gasteiger partial charge on any atom is -0.255 e. The Kier molecular flexibility index (Phi) is 1.89. The number of hydrogen-bond donors (Lipinski definition) is 0. The predicted molar refractivity (Wildman–Crippen MR) is 34.4 cm³/mol. The average Bonchev–Trinajstić information content (AvgIpc) is 1.90. The van der Waals surface area contributed by atoms with Gasteiger partial charge >= 0.3 is 0 Å². The molecule has 0 saturated heterocycles. The molecule has 0 fully saturated rings. The first-order valence-electron chi connectivity index (χ1n) is 2.41. The third-order valence-corrected chi connectivity index (χ3v) is 1.79. The van der Waals surface area contributed by atoms with Gasteiger partial charge in [0.2, 0.25) is 0 Å². The summed E-state index contributed by atoms with van der Waals surface area (Å²) in [5.41, 5.74) is 0. The minimum absolute atomic E-state index is 0.713. The molecule has 1 aromatic heterocycles. The van der Waals surface area contributed by atoms with E-state index in [1.165, 1.54) is 12.4 Å². The fraction of sp³-hybridized carbons (Fsp3) is 0.200. The van der Waals surface area contributed by atoms with Crippen molar-refractivity contribution >= 4 is 10.8 Å². The van der Waals surface area contributed by atoms with Crippen LogP contribution in [-0.2, 0) is 10.8 Å². The van der Waals surface area contributed by atoms with E-state index in [1.54, 1.807) is 12.3 Å². The molecule has 0 aliphatic carbocycles. The van der Waals surface area contributed by atoms with E-state index in [2.05, 4.69) is 10.2 Å². The summed E-state index contributed by atoms with van der Waals surface area (Å²) in [5.74, 6) is 0. The lowest BCUT2D eigenvalue weighted by Gasteiger charge is -1.89. The smallest absolute Gasteiger partial charge is 0.0657 e. The van der Waals surface area contributed by atoms with Crippen molar-refractivity contribution in [3.63, 3.8) is 0 Å². The topological polar surface area (TPSA) is 42.9 Å². The van der Waals surface area contributed by atoms with Crippen LogP contribution in [0.1, 0.15) is 0 Å². The molecule has 0 aliphatic rings. The first-order valence-corrected chi connectivity index (χ1v) is 3.96. The number of nitrogens with zero attached hydrogens (tertiary/aromatic N) is 2. The van der Waals surface area contributed by atoms with Crippen molar-refractivity contribution in [3.8, 4) is 0 Å². The van der Waals surface area contributed by atoms with Crippen molar-refractivity contribution in [3.05, 3.63) is 18.5 Å². The summed E-state index contributed by atoms with van der Waals surface area (Å²) < 4.78 is 10.7. The molecule has 0 amide bonds. The Morgan fingerprint density at radius 2 is 2.33 bits per heavy atom. The van der Waals surface area contributed by atoms with Gasteiger partial charge in [0.25, 0.3) is 0 Å². The highest BCUT2D eigenvalue weighted by atomic mass is 32.2. The van der Waals surface area contributed by atoms with Crippen LogP contribution < -0.4 is 0 Å². The van der Waals surface area contributed by atoms with Gasteiger partial charge in [-0.25, -0.2) is 0 Å². The Morgan fingerprint density at radius 3 is 2.67 bits per heavy atom. The van der Waals surface area contributed by atoms with E-state index in [9.17, 15) is 4.21 Å². The molecule has 1 heterocycles. The Morgan fingerprint density at radius 1 is 1.56 bits per heavy atom. The maximum Gasteiger partial charge on any atom is 0.0657 e. The Bertz CT molecular complexity index is 211. The third kappa shape index (κ3) is 1.57. The molecule has 0 N–H and O–H groups in total. The van der Waals surface area contributed by atoms with E-state index in [0.717, 1.165) is 0 Å². The van der Waals surface area contributed by atoms with Crippen molar-refractivity contribution in [1.82, 2.24) is 10.2 Å². The molecule has 4 heteroatoms. The normalized spacial score (nSPS) is 13.0. The number of hydrogen-bond acceptors (Lipinski definition) is 3. The summed E-state index contributed by atoms with van der Waals surface area (Å²) in [4.78, 5) is 0.713. The van der Waals surface area contributed by atoms with Gasteiger partial charge in [-0.1, -0.05) is 0 Å². The van der Waals surface area contributed by atoms with Crippen molar-refractivity contribution in [2.75, 3.05) is 6.26 Å². The molecular weight excluding hydrogens is 136 g/mol.